The van der Waals surface area contributed by atoms with Crippen LogP contribution in [0, 0.1) is 5.92 Å². The van der Waals surface area contributed by atoms with E-state index in [1.165, 1.54) is 11.3 Å². The highest BCUT2D eigenvalue weighted by Crippen LogP contribution is 2.19. The molecule has 2 rings (SSSR count). The van der Waals surface area contributed by atoms with Gasteiger partial charge in [-0.3, -0.25) is 4.79 Å². The highest BCUT2D eigenvalue weighted by Gasteiger charge is 2.23. The van der Waals surface area contributed by atoms with E-state index in [0.29, 0.717) is 5.82 Å². The fourth-order valence-corrected chi connectivity index (χ4v) is 2.32. The van der Waals surface area contributed by atoms with E-state index in [1.807, 2.05) is 17.5 Å². The minimum atomic E-state index is -1.07. The third kappa shape index (κ3) is 3.85. The van der Waals surface area contributed by atoms with Crippen LogP contribution in [0.1, 0.15) is 13.8 Å². The van der Waals surface area contributed by atoms with E-state index in [9.17, 15) is 9.59 Å². The molecule has 0 aliphatic heterocycles. The summed E-state index contributed by atoms with van der Waals surface area (Å²) >= 11 is 1.47. The Hall–Kier alpha value is -2.29. The van der Waals surface area contributed by atoms with Crippen LogP contribution in [0.2, 0.25) is 0 Å². The Morgan fingerprint density at radius 1 is 1.48 bits per heavy atom. The molecule has 1 atom stereocenters. The van der Waals surface area contributed by atoms with Crippen molar-refractivity contribution < 1.29 is 14.7 Å². The smallest absolute Gasteiger partial charge is 0.326 e. The molecule has 0 unspecified atom stereocenters. The van der Waals surface area contributed by atoms with Crippen LogP contribution in [0.4, 0.5) is 0 Å². The first kappa shape index (κ1) is 15.1. The molecule has 0 saturated heterocycles. The van der Waals surface area contributed by atoms with Crippen molar-refractivity contribution in [3.8, 4) is 10.7 Å². The number of hydrogen-bond acceptors (Lipinski definition) is 6. The number of rotatable bonds is 6. The molecule has 0 spiro atoms. The van der Waals surface area contributed by atoms with Gasteiger partial charge in [-0.15, -0.1) is 21.5 Å². The molecule has 2 N–H and O–H groups in total. The van der Waals surface area contributed by atoms with Crippen LogP contribution in [0.3, 0.4) is 0 Å². The molecule has 1 amide bonds. The predicted molar refractivity (Wildman–Crippen MR) is 75.5 cm³/mol. The average Bonchev–Trinajstić information content (AvgIpc) is 3.05. The Kier molecular flexibility index (Phi) is 4.63. The third-order valence-corrected chi connectivity index (χ3v) is 3.59. The van der Waals surface area contributed by atoms with Gasteiger partial charge in [0, 0.05) is 0 Å². The number of carboxylic acid groups (broad SMARTS) is 1. The number of carbonyl (C=O) groups is 2. The molecular formula is C12H15N5O3S. The van der Waals surface area contributed by atoms with Gasteiger partial charge in [0.25, 0.3) is 0 Å². The van der Waals surface area contributed by atoms with Gasteiger partial charge in [-0.25, -0.2) is 4.79 Å². The van der Waals surface area contributed by atoms with Gasteiger partial charge in [0.15, 0.2) is 0 Å². The highest BCUT2D eigenvalue weighted by atomic mass is 32.1. The number of aliphatic carboxylic acids is 1. The lowest BCUT2D eigenvalue weighted by Gasteiger charge is -2.17. The zero-order chi connectivity index (χ0) is 15.4. The molecule has 9 heteroatoms. The van der Waals surface area contributed by atoms with Crippen LogP contribution in [0.5, 0.6) is 0 Å². The van der Waals surface area contributed by atoms with Crippen molar-refractivity contribution >= 4 is 23.2 Å². The minimum absolute atomic E-state index is 0.172. The predicted octanol–water partition coefficient (Wildman–Crippen LogP) is 0.627. The van der Waals surface area contributed by atoms with E-state index in [0.717, 1.165) is 9.67 Å². The molecule has 8 nitrogen and oxygen atoms in total. The van der Waals surface area contributed by atoms with Gasteiger partial charge in [0.05, 0.1) is 4.88 Å². The van der Waals surface area contributed by atoms with Gasteiger partial charge in [-0.2, -0.15) is 4.80 Å². The Bertz CT molecular complexity index is 623. The highest BCUT2D eigenvalue weighted by molar-refractivity contribution is 7.13. The second-order valence-corrected chi connectivity index (χ2v) is 5.70. The Morgan fingerprint density at radius 2 is 2.24 bits per heavy atom. The topological polar surface area (TPSA) is 110 Å². The molecule has 0 aromatic carbocycles. The van der Waals surface area contributed by atoms with E-state index in [2.05, 4.69) is 20.7 Å². The van der Waals surface area contributed by atoms with Crippen molar-refractivity contribution in [2.75, 3.05) is 0 Å². The number of nitrogens with zero attached hydrogens (tertiary/aromatic N) is 4. The molecule has 2 aromatic rings. The van der Waals surface area contributed by atoms with Crippen molar-refractivity contribution in [2.45, 2.75) is 26.4 Å². The summed E-state index contributed by atoms with van der Waals surface area (Å²) in [7, 11) is 0. The van der Waals surface area contributed by atoms with Crippen LogP contribution in [-0.2, 0) is 16.1 Å². The van der Waals surface area contributed by atoms with E-state index in [4.69, 9.17) is 5.11 Å². The standard InChI is InChI=1S/C12H15N5O3S/c1-7(2)10(12(19)20)13-9(18)6-17-15-11(14-16-17)8-4-3-5-21-8/h3-5,7,10H,6H2,1-2H3,(H,13,18)(H,19,20)/t10-/m0/s1. The lowest BCUT2D eigenvalue weighted by atomic mass is 10.1. The summed E-state index contributed by atoms with van der Waals surface area (Å²) in [6.07, 6.45) is 0. The molecule has 0 aliphatic carbocycles. The molecule has 112 valence electrons. The summed E-state index contributed by atoms with van der Waals surface area (Å²) in [6, 6.07) is 2.79. The Balaban J connectivity index is 1.98. The summed E-state index contributed by atoms with van der Waals surface area (Å²) in [4.78, 5) is 24.8. The largest absolute Gasteiger partial charge is 0.480 e. The zero-order valence-corrected chi connectivity index (χ0v) is 12.4. The lowest BCUT2D eigenvalue weighted by molar-refractivity contribution is -0.143. The van der Waals surface area contributed by atoms with Crippen molar-refractivity contribution in [1.82, 2.24) is 25.5 Å². The first-order valence-corrected chi connectivity index (χ1v) is 7.19. The molecule has 21 heavy (non-hydrogen) atoms. The third-order valence-electron chi connectivity index (χ3n) is 2.73. The van der Waals surface area contributed by atoms with Gasteiger partial charge in [-0.1, -0.05) is 19.9 Å². The molecule has 0 aliphatic rings. The van der Waals surface area contributed by atoms with E-state index >= 15 is 0 Å². The molecular weight excluding hydrogens is 294 g/mol. The number of nitrogens with one attached hydrogen (secondary N) is 1. The Labute approximate surface area is 124 Å². The monoisotopic (exact) mass is 309 g/mol. The second-order valence-electron chi connectivity index (χ2n) is 4.75. The van der Waals surface area contributed by atoms with Crippen molar-refractivity contribution in [2.24, 2.45) is 5.92 Å². The fourth-order valence-electron chi connectivity index (χ4n) is 1.68. The fraction of sp³-hybridized carbons (Fsp3) is 0.417. The normalized spacial score (nSPS) is 12.3. The van der Waals surface area contributed by atoms with Gasteiger partial charge in [0.2, 0.25) is 11.7 Å². The summed E-state index contributed by atoms with van der Waals surface area (Å²) in [5, 5.41) is 25.1. The molecule has 0 fully saturated rings. The lowest BCUT2D eigenvalue weighted by Crippen LogP contribution is -2.45. The average molecular weight is 309 g/mol. The quantitative estimate of drug-likeness (QED) is 0.809. The second kappa shape index (κ2) is 6.44. The summed E-state index contributed by atoms with van der Waals surface area (Å²) < 4.78 is 0. The number of hydrogen-bond donors (Lipinski definition) is 2. The summed E-state index contributed by atoms with van der Waals surface area (Å²) in [6.45, 7) is 3.28. The first-order chi connectivity index (χ1) is 9.97. The van der Waals surface area contributed by atoms with Gasteiger partial charge < -0.3 is 10.4 Å². The van der Waals surface area contributed by atoms with Gasteiger partial charge >= 0.3 is 5.97 Å². The number of tetrazole rings is 1. The number of aromatic nitrogens is 4. The van der Waals surface area contributed by atoms with Crippen LogP contribution in [0.15, 0.2) is 17.5 Å². The molecule has 0 radical (unpaired) electrons. The number of carboxylic acids is 1. The van der Waals surface area contributed by atoms with E-state index in [-0.39, 0.29) is 12.5 Å². The maximum Gasteiger partial charge on any atom is 0.326 e. The molecule has 2 aromatic heterocycles. The minimum Gasteiger partial charge on any atom is -0.480 e. The number of carbonyl (C=O) groups excluding carboxylic acids is 1. The van der Waals surface area contributed by atoms with Crippen molar-refractivity contribution in [3.05, 3.63) is 17.5 Å². The van der Waals surface area contributed by atoms with Crippen molar-refractivity contribution in [1.29, 1.82) is 0 Å². The summed E-state index contributed by atoms with van der Waals surface area (Å²) in [5.74, 6) is -1.30. The van der Waals surface area contributed by atoms with Gasteiger partial charge in [-0.05, 0) is 22.6 Å². The Morgan fingerprint density at radius 3 is 2.81 bits per heavy atom. The van der Waals surface area contributed by atoms with Crippen LogP contribution < -0.4 is 5.32 Å². The number of amides is 1. The maximum absolute atomic E-state index is 11.8. The van der Waals surface area contributed by atoms with Crippen LogP contribution in [0.25, 0.3) is 10.7 Å². The maximum atomic E-state index is 11.8. The number of thiophene rings is 1. The van der Waals surface area contributed by atoms with Crippen molar-refractivity contribution in [3.63, 3.8) is 0 Å². The summed E-state index contributed by atoms with van der Waals surface area (Å²) in [5.41, 5.74) is 0. The van der Waals surface area contributed by atoms with Crippen LogP contribution in [-0.4, -0.2) is 43.2 Å². The SMILES string of the molecule is CC(C)[C@H](NC(=O)Cn1nnc(-c2cccs2)n1)C(=O)O. The zero-order valence-electron chi connectivity index (χ0n) is 11.6. The van der Waals surface area contributed by atoms with Gasteiger partial charge in [0.1, 0.15) is 12.6 Å². The molecule has 0 bridgehead atoms. The molecule has 0 saturated carbocycles. The first-order valence-electron chi connectivity index (χ1n) is 6.31. The van der Waals surface area contributed by atoms with E-state index < -0.39 is 17.9 Å². The van der Waals surface area contributed by atoms with E-state index in [1.54, 1.807) is 13.8 Å². The van der Waals surface area contributed by atoms with Crippen LogP contribution >= 0.6 is 11.3 Å². The molecule has 2 heterocycles.